The molecule has 104 valence electrons. The van der Waals surface area contributed by atoms with Crippen LogP contribution in [0.5, 0.6) is 0 Å². The van der Waals surface area contributed by atoms with Crippen LogP contribution in [-0.2, 0) is 12.8 Å². The molecule has 1 fully saturated rings. The van der Waals surface area contributed by atoms with Crippen LogP contribution in [0.15, 0.2) is 18.2 Å². The standard InChI is InChI=1S/C16H25N3/c1-18-8-10-19(11-9-18)16-6-3-13-2-5-15(17)12-14(13)4-7-16/h2,5,12,16H,3-4,6-11,17H2,1H3. The van der Waals surface area contributed by atoms with Crippen LogP contribution in [0.25, 0.3) is 0 Å². The summed E-state index contributed by atoms with van der Waals surface area (Å²) in [6.07, 6.45) is 5.00. The summed E-state index contributed by atoms with van der Waals surface area (Å²) < 4.78 is 0. The van der Waals surface area contributed by atoms with Crippen molar-refractivity contribution in [2.24, 2.45) is 0 Å². The van der Waals surface area contributed by atoms with Gasteiger partial charge in [0.1, 0.15) is 0 Å². The third kappa shape index (κ3) is 2.93. The smallest absolute Gasteiger partial charge is 0.0316 e. The third-order valence-corrected chi connectivity index (χ3v) is 4.78. The quantitative estimate of drug-likeness (QED) is 0.616. The normalized spacial score (nSPS) is 25.8. The Hall–Kier alpha value is -1.06. The number of nitrogens with zero attached hydrogens (tertiary/aromatic N) is 2. The minimum Gasteiger partial charge on any atom is -0.399 e. The van der Waals surface area contributed by atoms with Crippen LogP contribution in [0.4, 0.5) is 5.69 Å². The number of anilines is 1. The van der Waals surface area contributed by atoms with Gasteiger partial charge in [0.05, 0.1) is 0 Å². The molecule has 1 aliphatic carbocycles. The van der Waals surface area contributed by atoms with Crippen molar-refractivity contribution in [3.8, 4) is 0 Å². The average Bonchev–Trinajstić information content (AvgIpc) is 2.62. The fourth-order valence-electron chi connectivity index (χ4n) is 3.46. The van der Waals surface area contributed by atoms with Gasteiger partial charge in [-0.1, -0.05) is 6.07 Å². The number of nitrogen functional groups attached to an aromatic ring is 1. The summed E-state index contributed by atoms with van der Waals surface area (Å²) in [5.74, 6) is 0. The SMILES string of the molecule is CN1CCN(C2CCc3ccc(N)cc3CC2)CC1. The molecule has 0 spiro atoms. The summed E-state index contributed by atoms with van der Waals surface area (Å²) in [5, 5.41) is 0. The first-order valence-electron chi connectivity index (χ1n) is 7.52. The highest BCUT2D eigenvalue weighted by molar-refractivity contribution is 5.45. The maximum atomic E-state index is 5.91. The zero-order valence-corrected chi connectivity index (χ0v) is 11.9. The highest BCUT2D eigenvalue weighted by Crippen LogP contribution is 2.25. The highest BCUT2D eigenvalue weighted by atomic mass is 15.3. The van der Waals surface area contributed by atoms with Crippen molar-refractivity contribution in [1.29, 1.82) is 0 Å². The largest absolute Gasteiger partial charge is 0.399 e. The van der Waals surface area contributed by atoms with Crippen molar-refractivity contribution in [3.05, 3.63) is 29.3 Å². The van der Waals surface area contributed by atoms with Gasteiger partial charge in [0.2, 0.25) is 0 Å². The lowest BCUT2D eigenvalue weighted by molar-refractivity contribution is 0.104. The Kier molecular flexibility index (Phi) is 3.76. The van der Waals surface area contributed by atoms with Crippen molar-refractivity contribution in [2.45, 2.75) is 31.7 Å². The maximum absolute atomic E-state index is 5.91. The number of hydrogen-bond acceptors (Lipinski definition) is 3. The molecule has 3 nitrogen and oxygen atoms in total. The van der Waals surface area contributed by atoms with E-state index in [9.17, 15) is 0 Å². The van der Waals surface area contributed by atoms with Gasteiger partial charge in [-0.2, -0.15) is 0 Å². The molecule has 1 saturated heterocycles. The highest BCUT2D eigenvalue weighted by Gasteiger charge is 2.24. The van der Waals surface area contributed by atoms with E-state index in [1.54, 1.807) is 0 Å². The second-order valence-corrected chi connectivity index (χ2v) is 6.10. The number of aryl methyl sites for hydroxylation is 2. The Labute approximate surface area is 116 Å². The van der Waals surface area contributed by atoms with Gasteiger partial charge >= 0.3 is 0 Å². The molecule has 1 heterocycles. The van der Waals surface area contributed by atoms with Crippen LogP contribution < -0.4 is 5.73 Å². The topological polar surface area (TPSA) is 32.5 Å². The van der Waals surface area contributed by atoms with E-state index in [-0.39, 0.29) is 0 Å². The van der Waals surface area contributed by atoms with Crippen molar-refractivity contribution >= 4 is 5.69 Å². The minimum atomic E-state index is 0.766. The van der Waals surface area contributed by atoms with E-state index in [4.69, 9.17) is 5.73 Å². The molecule has 0 amide bonds. The molecule has 1 aromatic carbocycles. The summed E-state index contributed by atoms with van der Waals surface area (Å²) in [6, 6.07) is 7.23. The molecular weight excluding hydrogens is 234 g/mol. The molecule has 1 unspecified atom stereocenters. The van der Waals surface area contributed by atoms with E-state index in [1.165, 1.54) is 63.0 Å². The molecule has 0 saturated carbocycles. The van der Waals surface area contributed by atoms with E-state index < -0.39 is 0 Å². The minimum absolute atomic E-state index is 0.766. The number of hydrogen-bond donors (Lipinski definition) is 1. The molecule has 0 aromatic heterocycles. The molecule has 0 radical (unpaired) electrons. The Bertz CT molecular complexity index is 436. The number of rotatable bonds is 1. The Balaban J connectivity index is 1.66. The third-order valence-electron chi connectivity index (χ3n) is 4.78. The van der Waals surface area contributed by atoms with Crippen LogP contribution in [0.1, 0.15) is 24.0 Å². The Morgan fingerprint density at radius 1 is 1.00 bits per heavy atom. The fourth-order valence-corrected chi connectivity index (χ4v) is 3.46. The molecule has 1 aromatic rings. The molecular formula is C16H25N3. The van der Waals surface area contributed by atoms with Gasteiger partial charge in [-0.05, 0) is 56.0 Å². The second-order valence-electron chi connectivity index (χ2n) is 6.10. The van der Waals surface area contributed by atoms with Crippen LogP contribution in [-0.4, -0.2) is 49.1 Å². The number of likely N-dealkylation sites (N-methyl/N-ethyl adjacent to an activating group) is 1. The van der Waals surface area contributed by atoms with Gasteiger partial charge in [-0.25, -0.2) is 0 Å². The maximum Gasteiger partial charge on any atom is 0.0316 e. The second kappa shape index (κ2) is 5.51. The number of piperazine rings is 1. The van der Waals surface area contributed by atoms with Crippen LogP contribution >= 0.6 is 0 Å². The van der Waals surface area contributed by atoms with E-state index in [2.05, 4.69) is 35.0 Å². The van der Waals surface area contributed by atoms with E-state index in [0.717, 1.165) is 11.7 Å². The molecule has 1 atom stereocenters. The lowest BCUT2D eigenvalue weighted by Crippen LogP contribution is -2.49. The summed E-state index contributed by atoms with van der Waals surface area (Å²) in [7, 11) is 2.23. The lowest BCUT2D eigenvalue weighted by atomic mass is 10.0. The first-order valence-corrected chi connectivity index (χ1v) is 7.52. The van der Waals surface area contributed by atoms with Crippen LogP contribution in [0.2, 0.25) is 0 Å². The Morgan fingerprint density at radius 2 is 1.68 bits per heavy atom. The molecule has 3 heteroatoms. The Morgan fingerprint density at radius 3 is 2.42 bits per heavy atom. The van der Waals surface area contributed by atoms with Gasteiger partial charge in [0, 0.05) is 37.9 Å². The summed E-state index contributed by atoms with van der Waals surface area (Å²) in [6.45, 7) is 4.91. The van der Waals surface area contributed by atoms with Gasteiger partial charge in [0.25, 0.3) is 0 Å². The molecule has 2 N–H and O–H groups in total. The zero-order valence-electron chi connectivity index (χ0n) is 11.9. The molecule has 0 bridgehead atoms. The average molecular weight is 259 g/mol. The first kappa shape index (κ1) is 12.9. The van der Waals surface area contributed by atoms with Gasteiger partial charge in [-0.3, -0.25) is 4.90 Å². The summed E-state index contributed by atoms with van der Waals surface area (Å²) in [5.41, 5.74) is 9.83. The van der Waals surface area contributed by atoms with Gasteiger partial charge in [0.15, 0.2) is 0 Å². The number of nitrogens with two attached hydrogens (primary N) is 1. The zero-order chi connectivity index (χ0) is 13.2. The number of benzene rings is 1. The van der Waals surface area contributed by atoms with E-state index in [0.29, 0.717) is 0 Å². The van der Waals surface area contributed by atoms with Crippen molar-refractivity contribution in [2.75, 3.05) is 39.0 Å². The predicted octanol–water partition coefficient (Wildman–Crippen LogP) is 1.76. The van der Waals surface area contributed by atoms with Gasteiger partial charge < -0.3 is 10.6 Å². The van der Waals surface area contributed by atoms with Crippen LogP contribution in [0, 0.1) is 0 Å². The predicted molar refractivity (Wildman–Crippen MR) is 80.4 cm³/mol. The number of fused-ring (bicyclic) bond motifs is 1. The summed E-state index contributed by atoms with van der Waals surface area (Å²) >= 11 is 0. The molecule has 19 heavy (non-hydrogen) atoms. The lowest BCUT2D eigenvalue weighted by Gasteiger charge is -2.37. The molecule has 3 rings (SSSR count). The van der Waals surface area contributed by atoms with E-state index >= 15 is 0 Å². The monoisotopic (exact) mass is 259 g/mol. The van der Waals surface area contributed by atoms with E-state index in [1.807, 2.05) is 0 Å². The van der Waals surface area contributed by atoms with Crippen molar-refractivity contribution < 1.29 is 0 Å². The van der Waals surface area contributed by atoms with Crippen molar-refractivity contribution in [3.63, 3.8) is 0 Å². The summed E-state index contributed by atoms with van der Waals surface area (Å²) in [4.78, 5) is 5.14. The molecule has 1 aliphatic heterocycles. The first-order chi connectivity index (χ1) is 9.22. The van der Waals surface area contributed by atoms with Gasteiger partial charge in [-0.15, -0.1) is 0 Å². The molecule has 2 aliphatic rings. The van der Waals surface area contributed by atoms with Crippen LogP contribution in [0.3, 0.4) is 0 Å². The van der Waals surface area contributed by atoms with Crippen molar-refractivity contribution in [1.82, 2.24) is 9.80 Å². The fraction of sp³-hybridized carbons (Fsp3) is 0.625.